The van der Waals surface area contributed by atoms with Gasteiger partial charge in [0, 0.05) is 13.1 Å². The van der Waals surface area contributed by atoms with Crippen LogP contribution in [0.3, 0.4) is 0 Å². The van der Waals surface area contributed by atoms with Crippen LogP contribution in [0, 0.1) is 11.3 Å². The summed E-state index contributed by atoms with van der Waals surface area (Å²) < 4.78 is 0. The van der Waals surface area contributed by atoms with Gasteiger partial charge in [0.2, 0.25) is 0 Å². The van der Waals surface area contributed by atoms with Gasteiger partial charge >= 0.3 is 5.97 Å². The van der Waals surface area contributed by atoms with Crippen molar-refractivity contribution in [3.8, 4) is 0 Å². The van der Waals surface area contributed by atoms with Crippen molar-refractivity contribution in [1.82, 2.24) is 4.90 Å². The highest BCUT2D eigenvalue weighted by Gasteiger charge is 2.36. The normalized spacial score (nSPS) is 24.8. The van der Waals surface area contributed by atoms with E-state index in [2.05, 4.69) is 18.7 Å². The quantitative estimate of drug-likeness (QED) is 0.745. The van der Waals surface area contributed by atoms with Crippen LogP contribution < -0.4 is 0 Å². The van der Waals surface area contributed by atoms with Crippen molar-refractivity contribution in [2.24, 2.45) is 11.3 Å². The van der Waals surface area contributed by atoms with Gasteiger partial charge in [-0.1, -0.05) is 26.7 Å². The highest BCUT2D eigenvalue weighted by atomic mass is 16.4. The summed E-state index contributed by atoms with van der Waals surface area (Å²) in [7, 11) is 0. The fourth-order valence-electron chi connectivity index (χ4n) is 3.00. The molecule has 0 saturated carbocycles. The second-order valence-electron chi connectivity index (χ2n) is 5.79. The summed E-state index contributed by atoms with van der Waals surface area (Å²) in [5.74, 6) is 0.151. The number of likely N-dealkylation sites (tertiary alicyclic amines) is 1. The molecule has 1 fully saturated rings. The minimum atomic E-state index is -0.640. The van der Waals surface area contributed by atoms with Gasteiger partial charge < -0.3 is 10.0 Å². The minimum Gasteiger partial charge on any atom is -0.481 e. The van der Waals surface area contributed by atoms with E-state index in [1.807, 2.05) is 6.92 Å². The zero-order chi connectivity index (χ0) is 12.9. The van der Waals surface area contributed by atoms with E-state index in [0.717, 1.165) is 38.4 Å². The Kier molecular flexibility index (Phi) is 5.44. The molecule has 0 aromatic carbocycles. The van der Waals surface area contributed by atoms with Crippen molar-refractivity contribution in [2.75, 3.05) is 19.6 Å². The van der Waals surface area contributed by atoms with Gasteiger partial charge in [0.05, 0.1) is 5.41 Å². The van der Waals surface area contributed by atoms with E-state index in [9.17, 15) is 9.90 Å². The molecule has 1 aliphatic rings. The van der Waals surface area contributed by atoms with Crippen LogP contribution in [0.25, 0.3) is 0 Å². The Bertz CT molecular complexity index is 255. The molecule has 1 aliphatic heterocycles. The van der Waals surface area contributed by atoms with Crippen LogP contribution in [0.4, 0.5) is 0 Å². The number of rotatable bonds is 7. The molecule has 3 heteroatoms. The van der Waals surface area contributed by atoms with E-state index in [1.165, 1.54) is 19.3 Å². The lowest BCUT2D eigenvalue weighted by atomic mass is 9.85. The summed E-state index contributed by atoms with van der Waals surface area (Å²) >= 11 is 0. The van der Waals surface area contributed by atoms with E-state index in [0.29, 0.717) is 0 Å². The molecular weight excluding hydrogens is 214 g/mol. The first-order chi connectivity index (χ1) is 8.01. The Morgan fingerprint density at radius 2 is 2.12 bits per heavy atom. The maximum atomic E-state index is 11.4. The summed E-state index contributed by atoms with van der Waals surface area (Å²) in [6.45, 7) is 9.08. The zero-order valence-electron chi connectivity index (χ0n) is 11.5. The van der Waals surface area contributed by atoms with E-state index in [4.69, 9.17) is 0 Å². The summed E-state index contributed by atoms with van der Waals surface area (Å²) in [6, 6.07) is 0. The van der Waals surface area contributed by atoms with E-state index in [1.54, 1.807) is 0 Å². The van der Waals surface area contributed by atoms with Crippen molar-refractivity contribution in [3.63, 3.8) is 0 Å². The number of carboxylic acids is 1. The van der Waals surface area contributed by atoms with Crippen molar-refractivity contribution >= 4 is 5.97 Å². The van der Waals surface area contributed by atoms with Crippen LogP contribution in [0.1, 0.15) is 52.9 Å². The van der Waals surface area contributed by atoms with Gasteiger partial charge in [0.1, 0.15) is 0 Å². The lowest BCUT2D eigenvalue weighted by molar-refractivity contribution is -0.149. The molecule has 0 aliphatic carbocycles. The molecule has 0 amide bonds. The topological polar surface area (TPSA) is 40.5 Å². The van der Waals surface area contributed by atoms with Crippen LogP contribution in [-0.4, -0.2) is 35.6 Å². The van der Waals surface area contributed by atoms with Crippen molar-refractivity contribution in [1.29, 1.82) is 0 Å². The summed E-state index contributed by atoms with van der Waals surface area (Å²) in [5, 5.41) is 9.37. The second kappa shape index (κ2) is 6.39. The van der Waals surface area contributed by atoms with Gasteiger partial charge in [-0.05, 0) is 38.6 Å². The average Bonchev–Trinajstić information content (AvgIpc) is 2.66. The van der Waals surface area contributed by atoms with Gasteiger partial charge in [-0.15, -0.1) is 0 Å². The average molecular weight is 241 g/mol. The first-order valence-electron chi connectivity index (χ1n) is 6.97. The molecule has 1 saturated heterocycles. The molecule has 17 heavy (non-hydrogen) atoms. The molecule has 1 rings (SSSR count). The summed E-state index contributed by atoms with van der Waals surface area (Å²) in [4.78, 5) is 13.7. The predicted molar refractivity (Wildman–Crippen MR) is 70.1 cm³/mol. The van der Waals surface area contributed by atoms with Gasteiger partial charge in [-0.3, -0.25) is 4.79 Å². The van der Waals surface area contributed by atoms with E-state index < -0.39 is 11.4 Å². The Morgan fingerprint density at radius 1 is 1.41 bits per heavy atom. The lowest BCUT2D eigenvalue weighted by Crippen LogP contribution is -2.40. The Morgan fingerprint density at radius 3 is 2.65 bits per heavy atom. The van der Waals surface area contributed by atoms with Gasteiger partial charge in [0.25, 0.3) is 0 Å². The summed E-state index contributed by atoms with van der Waals surface area (Å²) in [6.07, 6.45) is 5.49. The molecule has 3 nitrogen and oxygen atoms in total. The number of hydrogen-bond donors (Lipinski definition) is 1. The maximum absolute atomic E-state index is 11.4. The first-order valence-corrected chi connectivity index (χ1v) is 6.97. The highest BCUT2D eigenvalue weighted by Crippen LogP contribution is 2.29. The van der Waals surface area contributed by atoms with Crippen molar-refractivity contribution in [2.45, 2.75) is 52.9 Å². The smallest absolute Gasteiger partial charge is 0.310 e. The van der Waals surface area contributed by atoms with Crippen molar-refractivity contribution < 1.29 is 9.90 Å². The monoisotopic (exact) mass is 241 g/mol. The van der Waals surface area contributed by atoms with Gasteiger partial charge in [-0.25, -0.2) is 0 Å². The van der Waals surface area contributed by atoms with E-state index >= 15 is 0 Å². The van der Waals surface area contributed by atoms with Crippen molar-refractivity contribution in [3.05, 3.63) is 0 Å². The fraction of sp³-hybridized carbons (Fsp3) is 0.929. The fourth-order valence-corrected chi connectivity index (χ4v) is 3.00. The third-order valence-corrected chi connectivity index (χ3v) is 3.96. The molecule has 0 aromatic rings. The van der Waals surface area contributed by atoms with Crippen LogP contribution in [-0.2, 0) is 4.79 Å². The van der Waals surface area contributed by atoms with Crippen LogP contribution >= 0.6 is 0 Å². The minimum absolute atomic E-state index is 0.560. The number of aliphatic carboxylic acids is 1. The molecule has 100 valence electrons. The molecule has 2 unspecified atom stereocenters. The number of carbonyl (C=O) groups is 1. The molecule has 1 N–H and O–H groups in total. The lowest BCUT2D eigenvalue weighted by Gasteiger charge is -2.29. The van der Waals surface area contributed by atoms with Crippen LogP contribution in [0.2, 0.25) is 0 Å². The van der Waals surface area contributed by atoms with Gasteiger partial charge in [-0.2, -0.15) is 0 Å². The SMILES string of the molecule is CCCC1CCN(CC(C)(CCC)C(=O)O)C1. The highest BCUT2D eigenvalue weighted by molar-refractivity contribution is 5.74. The zero-order valence-corrected chi connectivity index (χ0v) is 11.5. The maximum Gasteiger partial charge on any atom is 0.310 e. The number of carboxylic acid groups (broad SMARTS) is 1. The first kappa shape index (κ1) is 14.5. The molecule has 1 heterocycles. The Hall–Kier alpha value is -0.570. The molecular formula is C14H27NO2. The standard InChI is InChI=1S/C14H27NO2/c1-4-6-12-7-9-15(10-12)11-14(3,8-5-2)13(16)17/h12H,4-11H2,1-3H3,(H,16,17). The molecule has 2 atom stereocenters. The second-order valence-corrected chi connectivity index (χ2v) is 5.79. The molecule has 0 aromatic heterocycles. The van der Waals surface area contributed by atoms with Crippen LogP contribution in [0.5, 0.6) is 0 Å². The number of hydrogen-bond acceptors (Lipinski definition) is 2. The van der Waals surface area contributed by atoms with Gasteiger partial charge in [0.15, 0.2) is 0 Å². The summed E-state index contributed by atoms with van der Waals surface area (Å²) in [5.41, 5.74) is -0.560. The van der Waals surface area contributed by atoms with Crippen LogP contribution in [0.15, 0.2) is 0 Å². The Labute approximate surface area is 105 Å². The molecule has 0 radical (unpaired) electrons. The van der Waals surface area contributed by atoms with E-state index in [-0.39, 0.29) is 0 Å². The largest absolute Gasteiger partial charge is 0.481 e. The Balaban J connectivity index is 2.49. The molecule has 0 bridgehead atoms. The third kappa shape index (κ3) is 3.98. The predicted octanol–water partition coefficient (Wildman–Crippen LogP) is 3.00. The molecule has 0 spiro atoms. The third-order valence-electron chi connectivity index (χ3n) is 3.96. The number of nitrogens with zero attached hydrogens (tertiary/aromatic N) is 1.